The minimum absolute atomic E-state index is 0.264. The van der Waals surface area contributed by atoms with Crippen LogP contribution in [0.1, 0.15) is 44.9 Å². The molecule has 2 heterocycles. The Morgan fingerprint density at radius 3 is 2.28 bits per heavy atom. The summed E-state index contributed by atoms with van der Waals surface area (Å²) in [6.45, 7) is 6.33. The molecule has 0 aromatic heterocycles. The van der Waals surface area contributed by atoms with E-state index in [1.54, 1.807) is 0 Å². The van der Waals surface area contributed by atoms with Crippen LogP contribution < -0.4 is 5.73 Å². The Balaban J connectivity index is 1.53. The Labute approximate surface area is 111 Å². The van der Waals surface area contributed by atoms with E-state index in [0.717, 1.165) is 31.6 Å². The predicted octanol–water partition coefficient (Wildman–Crippen LogP) is 2.01. The Morgan fingerprint density at radius 2 is 1.72 bits per heavy atom. The zero-order valence-electron chi connectivity index (χ0n) is 11.6. The topological polar surface area (TPSA) is 38.5 Å². The average molecular weight is 252 g/mol. The molecule has 0 bridgehead atoms. The summed E-state index contributed by atoms with van der Waals surface area (Å²) in [5.74, 6) is 0. The van der Waals surface area contributed by atoms with E-state index in [0.29, 0.717) is 0 Å². The summed E-state index contributed by atoms with van der Waals surface area (Å²) in [4.78, 5) is 2.66. The second-order valence-electron chi connectivity index (χ2n) is 6.99. The fraction of sp³-hybridized carbons (Fsp3) is 1.00. The van der Waals surface area contributed by atoms with Gasteiger partial charge in [-0.1, -0.05) is 12.8 Å². The number of rotatable bonds is 3. The Bertz CT molecular complexity index is 270. The number of nitrogens with two attached hydrogens (primary N) is 1. The molecule has 3 fully saturated rings. The third kappa shape index (κ3) is 2.45. The first-order valence-corrected chi connectivity index (χ1v) is 7.76. The molecule has 18 heavy (non-hydrogen) atoms. The molecule has 0 aromatic rings. The third-order valence-corrected chi connectivity index (χ3v) is 5.76. The highest BCUT2D eigenvalue weighted by Crippen LogP contribution is 2.46. The summed E-state index contributed by atoms with van der Waals surface area (Å²) < 4.78 is 5.58. The van der Waals surface area contributed by atoms with Crippen LogP contribution in [0.5, 0.6) is 0 Å². The van der Waals surface area contributed by atoms with Gasteiger partial charge in [-0.05, 0) is 50.6 Å². The van der Waals surface area contributed by atoms with Gasteiger partial charge in [-0.15, -0.1) is 0 Å². The van der Waals surface area contributed by atoms with Gasteiger partial charge in [0.1, 0.15) is 0 Å². The number of nitrogens with zero attached hydrogens (tertiary/aromatic N) is 1. The van der Waals surface area contributed by atoms with Crippen molar-refractivity contribution in [2.45, 2.75) is 44.9 Å². The predicted molar refractivity (Wildman–Crippen MR) is 73.5 cm³/mol. The van der Waals surface area contributed by atoms with Gasteiger partial charge in [-0.25, -0.2) is 0 Å². The molecule has 2 aliphatic heterocycles. The zero-order valence-corrected chi connectivity index (χ0v) is 11.6. The first kappa shape index (κ1) is 12.9. The number of hydrogen-bond acceptors (Lipinski definition) is 3. The van der Waals surface area contributed by atoms with Gasteiger partial charge in [0, 0.05) is 25.1 Å². The van der Waals surface area contributed by atoms with E-state index in [9.17, 15) is 0 Å². The van der Waals surface area contributed by atoms with E-state index in [1.165, 1.54) is 58.2 Å². The lowest BCUT2D eigenvalue weighted by Crippen LogP contribution is -2.47. The smallest absolute Gasteiger partial charge is 0.0547 e. The second-order valence-corrected chi connectivity index (χ2v) is 6.99. The molecule has 0 aromatic carbocycles. The molecular weight excluding hydrogens is 224 g/mol. The molecule has 3 aliphatic rings. The van der Waals surface area contributed by atoms with E-state index >= 15 is 0 Å². The van der Waals surface area contributed by atoms with Crippen molar-refractivity contribution in [3.05, 3.63) is 0 Å². The molecule has 1 unspecified atom stereocenters. The van der Waals surface area contributed by atoms with Crippen LogP contribution in [0.4, 0.5) is 0 Å². The van der Waals surface area contributed by atoms with Gasteiger partial charge in [0.05, 0.1) is 6.61 Å². The molecule has 3 nitrogen and oxygen atoms in total. The van der Waals surface area contributed by atoms with Crippen LogP contribution in [-0.2, 0) is 4.74 Å². The lowest BCUT2D eigenvalue weighted by atomic mass is 9.76. The monoisotopic (exact) mass is 252 g/mol. The number of ether oxygens (including phenoxy) is 1. The van der Waals surface area contributed by atoms with Crippen molar-refractivity contribution in [1.29, 1.82) is 0 Å². The third-order valence-electron chi connectivity index (χ3n) is 5.76. The standard InChI is InChI=1S/C15H28N2O/c16-11-15(7-10-18-13-15)12-17-8-5-14(6-9-17)3-1-2-4-14/h1-13,16H2. The van der Waals surface area contributed by atoms with Gasteiger partial charge in [0.2, 0.25) is 0 Å². The Morgan fingerprint density at radius 1 is 1.00 bits per heavy atom. The highest BCUT2D eigenvalue weighted by Gasteiger charge is 2.40. The van der Waals surface area contributed by atoms with E-state index in [2.05, 4.69) is 4.90 Å². The first-order valence-electron chi connectivity index (χ1n) is 7.76. The highest BCUT2D eigenvalue weighted by atomic mass is 16.5. The summed E-state index contributed by atoms with van der Waals surface area (Å²) in [6.07, 6.45) is 9.94. The summed E-state index contributed by atoms with van der Waals surface area (Å²) in [6, 6.07) is 0. The van der Waals surface area contributed by atoms with Gasteiger partial charge < -0.3 is 15.4 Å². The van der Waals surface area contributed by atoms with Crippen molar-refractivity contribution in [1.82, 2.24) is 4.90 Å². The van der Waals surface area contributed by atoms with Crippen molar-refractivity contribution in [3.8, 4) is 0 Å². The molecule has 1 atom stereocenters. The van der Waals surface area contributed by atoms with Crippen LogP contribution in [0.2, 0.25) is 0 Å². The molecule has 1 saturated carbocycles. The molecule has 1 aliphatic carbocycles. The van der Waals surface area contributed by atoms with E-state index in [4.69, 9.17) is 10.5 Å². The lowest BCUT2D eigenvalue weighted by Gasteiger charge is -2.42. The van der Waals surface area contributed by atoms with Gasteiger partial charge in [-0.3, -0.25) is 0 Å². The van der Waals surface area contributed by atoms with E-state index in [1.807, 2.05) is 0 Å². The second kappa shape index (κ2) is 5.10. The molecule has 2 N–H and O–H groups in total. The molecule has 3 heteroatoms. The van der Waals surface area contributed by atoms with Gasteiger partial charge in [0.25, 0.3) is 0 Å². The average Bonchev–Trinajstić information content (AvgIpc) is 3.03. The van der Waals surface area contributed by atoms with Crippen molar-refractivity contribution in [2.24, 2.45) is 16.6 Å². The Kier molecular flexibility index (Phi) is 3.65. The quantitative estimate of drug-likeness (QED) is 0.835. The highest BCUT2D eigenvalue weighted by molar-refractivity contribution is 4.93. The summed E-state index contributed by atoms with van der Waals surface area (Å²) in [5.41, 5.74) is 6.99. The molecule has 0 amide bonds. The summed E-state index contributed by atoms with van der Waals surface area (Å²) in [7, 11) is 0. The maximum atomic E-state index is 5.99. The Hall–Kier alpha value is -0.120. The number of hydrogen-bond donors (Lipinski definition) is 1. The lowest BCUT2D eigenvalue weighted by molar-refractivity contribution is 0.0619. The van der Waals surface area contributed by atoms with Crippen LogP contribution in [0.3, 0.4) is 0 Å². The van der Waals surface area contributed by atoms with Gasteiger partial charge >= 0.3 is 0 Å². The first-order chi connectivity index (χ1) is 8.76. The summed E-state index contributed by atoms with van der Waals surface area (Å²) in [5, 5.41) is 0. The van der Waals surface area contributed by atoms with Crippen molar-refractivity contribution < 1.29 is 4.74 Å². The summed E-state index contributed by atoms with van der Waals surface area (Å²) >= 11 is 0. The van der Waals surface area contributed by atoms with Gasteiger partial charge in [0.15, 0.2) is 0 Å². The van der Waals surface area contributed by atoms with Crippen LogP contribution in [0.15, 0.2) is 0 Å². The number of piperidine rings is 1. The number of likely N-dealkylation sites (tertiary alicyclic amines) is 1. The minimum atomic E-state index is 0.264. The fourth-order valence-electron chi connectivity index (χ4n) is 4.28. The van der Waals surface area contributed by atoms with Gasteiger partial charge in [-0.2, -0.15) is 0 Å². The normalized spacial score (nSPS) is 36.5. The molecular formula is C15H28N2O. The van der Waals surface area contributed by atoms with Crippen molar-refractivity contribution in [2.75, 3.05) is 39.4 Å². The van der Waals surface area contributed by atoms with E-state index < -0.39 is 0 Å². The minimum Gasteiger partial charge on any atom is -0.381 e. The van der Waals surface area contributed by atoms with Crippen molar-refractivity contribution >= 4 is 0 Å². The van der Waals surface area contributed by atoms with Crippen LogP contribution in [-0.4, -0.2) is 44.3 Å². The molecule has 0 radical (unpaired) electrons. The van der Waals surface area contributed by atoms with Crippen LogP contribution in [0.25, 0.3) is 0 Å². The fourth-order valence-corrected chi connectivity index (χ4v) is 4.28. The molecule has 2 saturated heterocycles. The maximum Gasteiger partial charge on any atom is 0.0547 e. The van der Waals surface area contributed by atoms with Crippen molar-refractivity contribution in [3.63, 3.8) is 0 Å². The zero-order chi connectivity index (χ0) is 12.5. The molecule has 3 rings (SSSR count). The maximum absolute atomic E-state index is 5.99. The van der Waals surface area contributed by atoms with Crippen LogP contribution in [0, 0.1) is 10.8 Å². The largest absolute Gasteiger partial charge is 0.381 e. The SMILES string of the molecule is NCC1(CN2CCC3(CCCC3)CC2)CCOC1. The molecule has 104 valence electrons. The molecule has 1 spiro atoms. The van der Waals surface area contributed by atoms with E-state index in [-0.39, 0.29) is 5.41 Å². The van der Waals surface area contributed by atoms with Crippen LogP contribution >= 0.6 is 0 Å².